The molecule has 0 radical (unpaired) electrons. The van der Waals surface area contributed by atoms with Crippen molar-refractivity contribution in [2.24, 2.45) is 0 Å². The largest absolute Gasteiger partial charge is 0.385 e. The summed E-state index contributed by atoms with van der Waals surface area (Å²) in [6, 6.07) is -0.586. The number of nitrogens with one attached hydrogen (secondary N) is 1. The molecule has 1 N–H and O–H groups in total. The fourth-order valence-electron chi connectivity index (χ4n) is 1.78. The molecule has 0 saturated carbocycles. The van der Waals surface area contributed by atoms with Gasteiger partial charge in [-0.05, 0) is 31.3 Å². The summed E-state index contributed by atoms with van der Waals surface area (Å²) >= 11 is 1.75. The molecule has 0 unspecified atom stereocenters. The van der Waals surface area contributed by atoms with Crippen LogP contribution in [0.3, 0.4) is 0 Å². The van der Waals surface area contributed by atoms with E-state index in [0.29, 0.717) is 19.6 Å². The Morgan fingerprint density at radius 2 is 2.18 bits per heavy atom. The molecule has 0 aromatic heterocycles. The lowest BCUT2D eigenvalue weighted by molar-refractivity contribution is -0.127. The Morgan fingerprint density at radius 3 is 2.82 bits per heavy atom. The zero-order valence-corrected chi connectivity index (χ0v) is 11.2. The molecule has 0 aromatic rings. The lowest BCUT2D eigenvalue weighted by Crippen LogP contribution is -2.32. The van der Waals surface area contributed by atoms with Gasteiger partial charge in [-0.1, -0.05) is 0 Å². The maximum atomic E-state index is 11.9. The van der Waals surface area contributed by atoms with Crippen molar-refractivity contribution in [3.05, 3.63) is 0 Å². The maximum Gasteiger partial charge on any atom is 0.324 e. The first-order valence-electron chi connectivity index (χ1n) is 5.80. The van der Waals surface area contributed by atoms with Gasteiger partial charge in [-0.3, -0.25) is 9.69 Å². The SMILES string of the molecule is COCCCN1C(=O)N[C@@H](CCCSC)C1=O. The monoisotopic (exact) mass is 260 g/mol. The second kappa shape index (κ2) is 7.55. The summed E-state index contributed by atoms with van der Waals surface area (Å²) in [5.41, 5.74) is 0. The number of carbonyl (C=O) groups excluding carboxylic acids is 2. The van der Waals surface area contributed by atoms with Crippen molar-refractivity contribution in [1.29, 1.82) is 0 Å². The normalized spacial score (nSPS) is 19.9. The maximum absolute atomic E-state index is 11.9. The number of hydrogen-bond acceptors (Lipinski definition) is 4. The molecule has 6 heteroatoms. The Bertz CT molecular complexity index is 273. The van der Waals surface area contributed by atoms with E-state index in [2.05, 4.69) is 5.32 Å². The van der Waals surface area contributed by atoms with Gasteiger partial charge in [-0.25, -0.2) is 4.79 Å². The van der Waals surface area contributed by atoms with Crippen molar-refractivity contribution >= 4 is 23.7 Å². The number of thioether (sulfide) groups is 1. The van der Waals surface area contributed by atoms with Crippen LogP contribution < -0.4 is 5.32 Å². The van der Waals surface area contributed by atoms with Crippen molar-refractivity contribution in [1.82, 2.24) is 10.2 Å². The van der Waals surface area contributed by atoms with Crippen LogP contribution in [-0.2, 0) is 9.53 Å². The number of hydrogen-bond donors (Lipinski definition) is 1. The minimum absolute atomic E-state index is 0.0905. The highest BCUT2D eigenvalue weighted by Gasteiger charge is 2.36. The fourth-order valence-corrected chi connectivity index (χ4v) is 2.24. The highest BCUT2D eigenvalue weighted by molar-refractivity contribution is 7.98. The summed E-state index contributed by atoms with van der Waals surface area (Å²) in [7, 11) is 1.61. The number of rotatable bonds is 8. The van der Waals surface area contributed by atoms with Crippen LogP contribution in [0.15, 0.2) is 0 Å². The second-order valence-electron chi connectivity index (χ2n) is 3.97. The lowest BCUT2D eigenvalue weighted by Gasteiger charge is -2.12. The predicted molar refractivity (Wildman–Crippen MR) is 68.1 cm³/mol. The molecule has 0 aromatic carbocycles. The average molecular weight is 260 g/mol. The lowest BCUT2D eigenvalue weighted by atomic mass is 10.1. The van der Waals surface area contributed by atoms with Gasteiger partial charge in [0.25, 0.3) is 5.91 Å². The Labute approximate surface area is 106 Å². The molecule has 1 aliphatic rings. The topological polar surface area (TPSA) is 58.6 Å². The van der Waals surface area contributed by atoms with Crippen molar-refractivity contribution in [3.8, 4) is 0 Å². The number of nitrogens with zero attached hydrogens (tertiary/aromatic N) is 1. The zero-order valence-electron chi connectivity index (χ0n) is 10.4. The molecule has 98 valence electrons. The molecule has 0 spiro atoms. The summed E-state index contributed by atoms with van der Waals surface area (Å²) in [4.78, 5) is 24.8. The summed E-state index contributed by atoms with van der Waals surface area (Å²) < 4.78 is 4.91. The number of urea groups is 1. The summed E-state index contributed by atoms with van der Waals surface area (Å²) in [6.45, 7) is 1.01. The van der Waals surface area contributed by atoms with Crippen LogP contribution >= 0.6 is 11.8 Å². The molecule has 1 rings (SSSR count). The van der Waals surface area contributed by atoms with Crippen LogP contribution in [0.25, 0.3) is 0 Å². The summed E-state index contributed by atoms with van der Waals surface area (Å²) in [6.07, 6.45) is 4.40. The Morgan fingerprint density at radius 1 is 1.41 bits per heavy atom. The van der Waals surface area contributed by atoms with Gasteiger partial charge in [0, 0.05) is 20.3 Å². The van der Waals surface area contributed by atoms with Gasteiger partial charge in [-0.15, -0.1) is 0 Å². The van der Waals surface area contributed by atoms with Crippen LogP contribution in [0.2, 0.25) is 0 Å². The van der Waals surface area contributed by atoms with Crippen LogP contribution in [0.4, 0.5) is 4.79 Å². The second-order valence-corrected chi connectivity index (χ2v) is 4.96. The van der Waals surface area contributed by atoms with Crippen molar-refractivity contribution in [2.45, 2.75) is 25.3 Å². The molecule has 0 aliphatic carbocycles. The minimum atomic E-state index is -0.322. The van der Waals surface area contributed by atoms with Crippen LogP contribution in [0, 0.1) is 0 Å². The van der Waals surface area contributed by atoms with E-state index in [-0.39, 0.29) is 18.0 Å². The molecular formula is C11H20N2O3S. The number of imide groups is 1. The van der Waals surface area contributed by atoms with Gasteiger partial charge in [0.05, 0.1) is 0 Å². The molecule has 1 atom stereocenters. The van der Waals surface area contributed by atoms with Crippen molar-refractivity contribution in [3.63, 3.8) is 0 Å². The van der Waals surface area contributed by atoms with Gasteiger partial charge in [0.15, 0.2) is 0 Å². The van der Waals surface area contributed by atoms with E-state index < -0.39 is 0 Å². The van der Waals surface area contributed by atoms with Gasteiger partial charge in [0.1, 0.15) is 6.04 Å². The molecule has 1 fully saturated rings. The van der Waals surface area contributed by atoms with Crippen molar-refractivity contribution in [2.75, 3.05) is 32.3 Å². The summed E-state index contributed by atoms with van der Waals surface area (Å²) in [5.74, 6) is 0.927. The number of methoxy groups -OCH3 is 1. The minimum Gasteiger partial charge on any atom is -0.385 e. The molecule has 1 saturated heterocycles. The highest BCUT2D eigenvalue weighted by Crippen LogP contribution is 2.13. The highest BCUT2D eigenvalue weighted by atomic mass is 32.2. The van der Waals surface area contributed by atoms with E-state index in [4.69, 9.17) is 4.74 Å². The average Bonchev–Trinajstić information content (AvgIpc) is 2.57. The van der Waals surface area contributed by atoms with Crippen molar-refractivity contribution < 1.29 is 14.3 Å². The summed E-state index contributed by atoms with van der Waals surface area (Å²) in [5, 5.41) is 2.73. The third-order valence-corrected chi connectivity index (χ3v) is 3.38. The molecule has 5 nitrogen and oxygen atoms in total. The third-order valence-electron chi connectivity index (χ3n) is 2.68. The van der Waals surface area contributed by atoms with Gasteiger partial charge >= 0.3 is 6.03 Å². The standard InChI is InChI=1S/C11H20N2O3S/c1-16-7-4-6-13-10(14)9(12-11(13)15)5-3-8-17-2/h9H,3-8H2,1-2H3,(H,12,15)/t9-/m0/s1. The van der Waals surface area contributed by atoms with Gasteiger partial charge in [-0.2, -0.15) is 11.8 Å². The molecule has 1 aliphatic heterocycles. The molecule has 0 bridgehead atoms. The van der Waals surface area contributed by atoms with E-state index in [1.54, 1.807) is 18.9 Å². The Kier molecular flexibility index (Phi) is 6.36. The molecule has 17 heavy (non-hydrogen) atoms. The quantitative estimate of drug-likeness (QED) is 0.524. The van der Waals surface area contributed by atoms with Crippen LogP contribution in [-0.4, -0.2) is 55.2 Å². The predicted octanol–water partition coefficient (Wildman–Crippen LogP) is 1.09. The number of carbonyl (C=O) groups is 2. The Hall–Kier alpha value is -0.750. The third kappa shape index (κ3) is 4.20. The van der Waals surface area contributed by atoms with Gasteiger partial charge < -0.3 is 10.1 Å². The number of amides is 3. The van der Waals surface area contributed by atoms with E-state index in [9.17, 15) is 9.59 Å². The van der Waals surface area contributed by atoms with E-state index >= 15 is 0 Å². The van der Waals surface area contributed by atoms with Crippen LogP contribution in [0.5, 0.6) is 0 Å². The van der Waals surface area contributed by atoms with E-state index in [1.165, 1.54) is 4.90 Å². The fraction of sp³-hybridized carbons (Fsp3) is 0.818. The number of ether oxygens (including phenoxy) is 1. The first-order chi connectivity index (χ1) is 8.20. The molecule has 1 heterocycles. The van der Waals surface area contributed by atoms with Crippen LogP contribution in [0.1, 0.15) is 19.3 Å². The first-order valence-corrected chi connectivity index (χ1v) is 7.19. The molecule has 3 amide bonds. The van der Waals surface area contributed by atoms with E-state index in [1.807, 2.05) is 6.26 Å². The zero-order chi connectivity index (χ0) is 12.7. The first kappa shape index (κ1) is 14.3. The molecular weight excluding hydrogens is 240 g/mol. The Balaban J connectivity index is 2.36. The van der Waals surface area contributed by atoms with Gasteiger partial charge in [0.2, 0.25) is 0 Å². The smallest absolute Gasteiger partial charge is 0.324 e. The van der Waals surface area contributed by atoms with E-state index in [0.717, 1.165) is 18.6 Å².